The number of furan rings is 1. The van der Waals surface area contributed by atoms with Crippen molar-refractivity contribution in [1.82, 2.24) is 19.7 Å². The van der Waals surface area contributed by atoms with Crippen LogP contribution in [-0.4, -0.2) is 71.7 Å². The van der Waals surface area contributed by atoms with Crippen molar-refractivity contribution < 1.29 is 18.7 Å². The Morgan fingerprint density at radius 1 is 0.889 bits per heavy atom. The Labute approximate surface area is 213 Å². The fraction of sp³-hybridized carbons (Fsp3) is 0.269. The van der Waals surface area contributed by atoms with E-state index in [2.05, 4.69) is 27.2 Å². The molecule has 0 aliphatic carbocycles. The maximum absolute atomic E-state index is 13.0. The maximum atomic E-state index is 13.0. The van der Waals surface area contributed by atoms with Crippen LogP contribution in [0.15, 0.2) is 76.5 Å². The molecule has 36 heavy (non-hydrogen) atoms. The molecular formula is C26H27N5O4S. The zero-order valence-corrected chi connectivity index (χ0v) is 21.0. The van der Waals surface area contributed by atoms with Gasteiger partial charge in [0.1, 0.15) is 11.5 Å². The summed E-state index contributed by atoms with van der Waals surface area (Å²) in [5.41, 5.74) is 1.99. The lowest BCUT2D eigenvalue weighted by atomic mass is 10.2. The van der Waals surface area contributed by atoms with E-state index in [-0.39, 0.29) is 11.7 Å². The van der Waals surface area contributed by atoms with Crippen LogP contribution in [0.4, 0.5) is 5.69 Å². The highest BCUT2D eigenvalue weighted by molar-refractivity contribution is 7.99. The summed E-state index contributed by atoms with van der Waals surface area (Å²) in [4.78, 5) is 17.2. The molecule has 1 fully saturated rings. The van der Waals surface area contributed by atoms with Crippen molar-refractivity contribution in [3.8, 4) is 28.8 Å². The van der Waals surface area contributed by atoms with Crippen molar-refractivity contribution in [2.45, 2.75) is 5.16 Å². The van der Waals surface area contributed by atoms with E-state index in [1.165, 1.54) is 11.8 Å². The van der Waals surface area contributed by atoms with Crippen molar-refractivity contribution in [2.24, 2.45) is 0 Å². The summed E-state index contributed by atoms with van der Waals surface area (Å²) in [5, 5.41) is 9.34. The van der Waals surface area contributed by atoms with Crippen LogP contribution in [0, 0.1) is 0 Å². The van der Waals surface area contributed by atoms with Gasteiger partial charge in [-0.25, -0.2) is 0 Å². The fourth-order valence-electron chi connectivity index (χ4n) is 4.12. The Hall–Kier alpha value is -3.92. The van der Waals surface area contributed by atoms with Gasteiger partial charge in [-0.3, -0.25) is 9.36 Å². The zero-order valence-electron chi connectivity index (χ0n) is 20.2. The lowest BCUT2D eigenvalue weighted by molar-refractivity contribution is -0.128. The second kappa shape index (κ2) is 10.8. The number of carbonyl (C=O) groups is 1. The number of anilines is 1. The van der Waals surface area contributed by atoms with Crippen LogP contribution in [0.25, 0.3) is 17.3 Å². The van der Waals surface area contributed by atoms with E-state index in [0.717, 1.165) is 36.0 Å². The molecule has 3 heterocycles. The van der Waals surface area contributed by atoms with E-state index in [0.29, 0.717) is 29.8 Å². The number of nitrogens with zero attached hydrogens (tertiary/aromatic N) is 5. The fourth-order valence-corrected chi connectivity index (χ4v) is 4.97. The van der Waals surface area contributed by atoms with Crippen molar-refractivity contribution in [3.63, 3.8) is 0 Å². The first-order valence-corrected chi connectivity index (χ1v) is 12.6. The highest BCUT2D eigenvalue weighted by Gasteiger charge is 2.24. The van der Waals surface area contributed by atoms with Crippen LogP contribution in [0.1, 0.15) is 0 Å². The SMILES string of the molecule is COc1ccc(N2CCN(C(=O)CSc3nnc(-c4ccco4)n3-c3ccc(OC)cc3)CC2)cc1. The maximum Gasteiger partial charge on any atom is 0.233 e. The Morgan fingerprint density at radius 2 is 1.53 bits per heavy atom. The number of thioether (sulfide) groups is 1. The van der Waals surface area contributed by atoms with Crippen molar-refractivity contribution in [1.29, 1.82) is 0 Å². The molecule has 1 amide bonds. The average molecular weight is 506 g/mol. The molecule has 0 saturated carbocycles. The largest absolute Gasteiger partial charge is 0.497 e. The van der Waals surface area contributed by atoms with Gasteiger partial charge in [0, 0.05) is 31.9 Å². The third kappa shape index (κ3) is 5.03. The van der Waals surface area contributed by atoms with Crippen LogP contribution >= 0.6 is 11.8 Å². The minimum atomic E-state index is 0.0817. The highest BCUT2D eigenvalue weighted by atomic mass is 32.2. The van der Waals surface area contributed by atoms with Crippen LogP contribution < -0.4 is 14.4 Å². The number of hydrogen-bond donors (Lipinski definition) is 0. The third-order valence-corrected chi connectivity index (χ3v) is 7.01. The van der Waals surface area contributed by atoms with E-state index in [1.807, 2.05) is 58.0 Å². The van der Waals surface area contributed by atoms with Gasteiger partial charge in [-0.15, -0.1) is 10.2 Å². The van der Waals surface area contributed by atoms with Gasteiger partial charge in [-0.05, 0) is 60.7 Å². The summed E-state index contributed by atoms with van der Waals surface area (Å²) in [7, 11) is 3.29. The summed E-state index contributed by atoms with van der Waals surface area (Å²) in [5.74, 6) is 3.12. The first kappa shape index (κ1) is 23.8. The number of hydrogen-bond acceptors (Lipinski definition) is 8. The molecule has 4 aromatic rings. The standard InChI is InChI=1S/C26H27N5O4S/c1-33-21-9-5-19(6-10-21)29-13-15-30(16-14-29)24(32)18-36-26-28-27-25(23-4-3-17-35-23)31(26)20-7-11-22(34-2)12-8-20/h3-12,17H,13-16,18H2,1-2H3. The highest BCUT2D eigenvalue weighted by Crippen LogP contribution is 2.29. The topological polar surface area (TPSA) is 85.9 Å². The minimum Gasteiger partial charge on any atom is -0.497 e. The van der Waals surface area contributed by atoms with Crippen molar-refractivity contribution in [3.05, 3.63) is 66.9 Å². The number of aromatic nitrogens is 3. The molecule has 0 N–H and O–H groups in total. The van der Waals surface area contributed by atoms with Gasteiger partial charge in [0.05, 0.1) is 31.9 Å². The molecule has 1 aliphatic rings. The van der Waals surface area contributed by atoms with Crippen LogP contribution in [0.5, 0.6) is 11.5 Å². The predicted octanol–water partition coefficient (Wildman–Crippen LogP) is 3.99. The third-order valence-electron chi connectivity index (χ3n) is 6.10. The van der Waals surface area contributed by atoms with Crippen LogP contribution in [0.2, 0.25) is 0 Å². The Bertz CT molecular complexity index is 1280. The Morgan fingerprint density at radius 3 is 2.11 bits per heavy atom. The second-order valence-electron chi connectivity index (χ2n) is 8.17. The van der Waals surface area contributed by atoms with Gasteiger partial charge in [-0.2, -0.15) is 0 Å². The molecule has 5 rings (SSSR count). The molecule has 186 valence electrons. The summed E-state index contributed by atoms with van der Waals surface area (Å²) < 4.78 is 18.0. The van der Waals surface area contributed by atoms with Crippen molar-refractivity contribution in [2.75, 3.05) is 51.1 Å². The van der Waals surface area contributed by atoms with E-state index in [4.69, 9.17) is 13.9 Å². The van der Waals surface area contributed by atoms with E-state index in [1.54, 1.807) is 20.5 Å². The molecule has 1 aliphatic heterocycles. The molecule has 0 atom stereocenters. The van der Waals surface area contributed by atoms with Gasteiger partial charge >= 0.3 is 0 Å². The Balaban J connectivity index is 1.25. The minimum absolute atomic E-state index is 0.0817. The van der Waals surface area contributed by atoms with Gasteiger partial charge in [0.25, 0.3) is 0 Å². The average Bonchev–Trinajstić information content (AvgIpc) is 3.62. The zero-order chi connectivity index (χ0) is 24.9. The smallest absolute Gasteiger partial charge is 0.233 e. The van der Waals surface area contributed by atoms with E-state index < -0.39 is 0 Å². The molecule has 0 unspecified atom stereocenters. The molecule has 0 bridgehead atoms. The number of carbonyl (C=O) groups excluding carboxylic acids is 1. The number of amides is 1. The van der Waals surface area contributed by atoms with Crippen LogP contribution in [0.3, 0.4) is 0 Å². The van der Waals surface area contributed by atoms with Crippen LogP contribution in [-0.2, 0) is 4.79 Å². The molecule has 1 saturated heterocycles. The lowest BCUT2D eigenvalue weighted by Gasteiger charge is -2.36. The number of methoxy groups -OCH3 is 2. The van der Waals surface area contributed by atoms with E-state index >= 15 is 0 Å². The molecule has 2 aromatic heterocycles. The van der Waals surface area contributed by atoms with Crippen molar-refractivity contribution >= 4 is 23.4 Å². The number of ether oxygens (including phenoxy) is 2. The first-order chi connectivity index (χ1) is 17.7. The quantitative estimate of drug-likeness (QED) is 0.333. The summed E-state index contributed by atoms with van der Waals surface area (Å²) in [6.45, 7) is 2.92. The molecule has 0 radical (unpaired) electrons. The van der Waals surface area contributed by atoms with Gasteiger partial charge in [0.2, 0.25) is 11.7 Å². The lowest BCUT2D eigenvalue weighted by Crippen LogP contribution is -2.49. The summed E-state index contributed by atoms with van der Waals surface area (Å²) in [6.07, 6.45) is 1.60. The molecular weight excluding hydrogens is 478 g/mol. The Kier molecular flexibility index (Phi) is 7.13. The summed E-state index contributed by atoms with van der Waals surface area (Å²) in [6, 6.07) is 19.3. The molecule has 0 spiro atoms. The monoisotopic (exact) mass is 505 g/mol. The molecule has 9 nitrogen and oxygen atoms in total. The summed E-state index contributed by atoms with van der Waals surface area (Å²) >= 11 is 1.37. The second-order valence-corrected chi connectivity index (χ2v) is 9.11. The molecule has 2 aromatic carbocycles. The number of benzene rings is 2. The molecule has 10 heteroatoms. The number of rotatable bonds is 8. The first-order valence-electron chi connectivity index (χ1n) is 11.6. The van der Waals surface area contributed by atoms with Gasteiger partial charge in [0.15, 0.2) is 10.9 Å². The van der Waals surface area contributed by atoms with Gasteiger partial charge < -0.3 is 23.7 Å². The number of piperazine rings is 1. The van der Waals surface area contributed by atoms with E-state index in [9.17, 15) is 4.79 Å². The normalized spacial score (nSPS) is 13.6. The van der Waals surface area contributed by atoms with Gasteiger partial charge in [-0.1, -0.05) is 11.8 Å². The predicted molar refractivity (Wildman–Crippen MR) is 138 cm³/mol.